The van der Waals surface area contributed by atoms with Crippen LogP contribution in [-0.2, 0) is 28.6 Å². The van der Waals surface area contributed by atoms with Crippen molar-refractivity contribution in [2.45, 2.75) is 258 Å². The SMILES string of the molecule is CC/C=C\C/C=C\C/C=C\C/C=C\CCCCC(=O)O[C@@H](COC(=O)CCCCCCCCC/C=C\CCCCCCCC)COC(=O)CCCCCCCCCCCCC. The number of ether oxygens (including phenoxy) is 3. The van der Waals surface area contributed by atoms with E-state index in [-0.39, 0.29) is 37.5 Å². The van der Waals surface area contributed by atoms with Crippen molar-refractivity contribution in [1.82, 2.24) is 0 Å². The molecule has 0 aliphatic rings. The Morgan fingerprint density at radius 1 is 0.344 bits per heavy atom. The maximum atomic E-state index is 12.8. The third kappa shape index (κ3) is 48.0. The van der Waals surface area contributed by atoms with Gasteiger partial charge in [0, 0.05) is 19.3 Å². The first-order chi connectivity index (χ1) is 30.0. The molecule has 6 nitrogen and oxygen atoms in total. The minimum Gasteiger partial charge on any atom is -0.462 e. The Hall–Kier alpha value is -2.89. The van der Waals surface area contributed by atoms with Gasteiger partial charge in [0.25, 0.3) is 0 Å². The lowest BCUT2D eigenvalue weighted by Crippen LogP contribution is -2.30. The quantitative estimate of drug-likeness (QED) is 0.0263. The monoisotopic (exact) mass is 853 g/mol. The van der Waals surface area contributed by atoms with E-state index in [1.54, 1.807) is 0 Å². The van der Waals surface area contributed by atoms with Crippen LogP contribution in [-0.4, -0.2) is 37.2 Å². The van der Waals surface area contributed by atoms with Gasteiger partial charge in [0.15, 0.2) is 6.10 Å². The molecule has 6 heteroatoms. The van der Waals surface area contributed by atoms with Gasteiger partial charge in [0.05, 0.1) is 0 Å². The second kappa shape index (κ2) is 49.8. The molecule has 0 saturated carbocycles. The summed E-state index contributed by atoms with van der Waals surface area (Å²) >= 11 is 0. The summed E-state index contributed by atoms with van der Waals surface area (Å²) < 4.78 is 16.7. The molecule has 0 aromatic carbocycles. The maximum absolute atomic E-state index is 12.8. The topological polar surface area (TPSA) is 78.9 Å². The fourth-order valence-electron chi connectivity index (χ4n) is 7.13. The molecule has 0 unspecified atom stereocenters. The Kier molecular flexibility index (Phi) is 47.4. The lowest BCUT2D eigenvalue weighted by atomic mass is 10.1. The second-order valence-electron chi connectivity index (χ2n) is 17.1. The van der Waals surface area contributed by atoms with E-state index in [9.17, 15) is 14.4 Å². The number of esters is 3. The number of rotatable bonds is 46. The second-order valence-corrected chi connectivity index (χ2v) is 17.1. The highest BCUT2D eigenvalue weighted by Gasteiger charge is 2.19. The van der Waals surface area contributed by atoms with Crippen LogP contribution in [0.5, 0.6) is 0 Å². The first-order valence-electron chi connectivity index (χ1n) is 25.8. The molecule has 352 valence electrons. The number of carbonyl (C=O) groups excluding carboxylic acids is 3. The molecule has 0 aliphatic heterocycles. The van der Waals surface area contributed by atoms with Crippen LogP contribution >= 0.6 is 0 Å². The van der Waals surface area contributed by atoms with E-state index < -0.39 is 6.10 Å². The number of allylic oxidation sites excluding steroid dienone is 10. The molecule has 0 aromatic heterocycles. The Bertz CT molecular complexity index is 1120. The van der Waals surface area contributed by atoms with Crippen LogP contribution in [0.2, 0.25) is 0 Å². The molecule has 61 heavy (non-hydrogen) atoms. The fourth-order valence-corrected chi connectivity index (χ4v) is 7.13. The average Bonchev–Trinajstić information content (AvgIpc) is 3.26. The summed E-state index contributed by atoms with van der Waals surface area (Å²) in [5.41, 5.74) is 0. The van der Waals surface area contributed by atoms with Crippen LogP contribution in [0.4, 0.5) is 0 Å². The van der Waals surface area contributed by atoms with Gasteiger partial charge in [0.2, 0.25) is 0 Å². The van der Waals surface area contributed by atoms with Crippen molar-refractivity contribution in [1.29, 1.82) is 0 Å². The minimum atomic E-state index is -0.794. The zero-order valence-corrected chi connectivity index (χ0v) is 40.2. The van der Waals surface area contributed by atoms with Crippen molar-refractivity contribution in [3.63, 3.8) is 0 Å². The van der Waals surface area contributed by atoms with Crippen molar-refractivity contribution in [2.24, 2.45) is 0 Å². The van der Waals surface area contributed by atoms with Gasteiger partial charge in [-0.2, -0.15) is 0 Å². The fraction of sp³-hybridized carbons (Fsp3) is 0.764. The highest BCUT2D eigenvalue weighted by molar-refractivity contribution is 5.71. The lowest BCUT2D eigenvalue weighted by molar-refractivity contribution is -0.167. The predicted molar refractivity (Wildman–Crippen MR) is 261 cm³/mol. The molecular formula is C55H96O6. The molecule has 0 heterocycles. The van der Waals surface area contributed by atoms with Crippen LogP contribution < -0.4 is 0 Å². The first-order valence-corrected chi connectivity index (χ1v) is 25.8. The number of hydrogen-bond acceptors (Lipinski definition) is 6. The summed E-state index contributed by atoms with van der Waals surface area (Å²) in [7, 11) is 0. The summed E-state index contributed by atoms with van der Waals surface area (Å²) in [6.45, 7) is 6.48. The van der Waals surface area contributed by atoms with Gasteiger partial charge in [-0.15, -0.1) is 0 Å². The van der Waals surface area contributed by atoms with E-state index in [0.717, 1.165) is 77.0 Å². The summed E-state index contributed by atoms with van der Waals surface area (Å²) in [5.74, 6) is -0.933. The third-order valence-electron chi connectivity index (χ3n) is 11.0. The summed E-state index contributed by atoms with van der Waals surface area (Å²) in [5, 5.41) is 0. The molecule has 0 amide bonds. The van der Waals surface area contributed by atoms with Crippen molar-refractivity contribution in [2.75, 3.05) is 13.2 Å². The Balaban J connectivity index is 4.41. The van der Waals surface area contributed by atoms with E-state index in [2.05, 4.69) is 81.5 Å². The largest absolute Gasteiger partial charge is 0.462 e. The standard InChI is InChI=1S/C55H96O6/c1-4-7-10-13-16-19-22-24-26-27-29-30-33-36-39-42-45-48-54(57)60-51-52(50-59-53(56)47-44-41-38-35-32-21-18-15-12-9-6-3)61-55(58)49-46-43-40-37-34-31-28-25-23-20-17-14-11-8-5-2/h8,11,17,20,24-26,28,34,37,52H,4-7,9-10,12-16,18-19,21-23,27,29-33,35-36,38-51H2,1-3H3/b11-8-,20-17-,26-24-,28-25-,37-34-/t52-/m1/s1. The molecular weight excluding hydrogens is 757 g/mol. The molecule has 0 rings (SSSR count). The Morgan fingerprint density at radius 3 is 1.05 bits per heavy atom. The number of carbonyl (C=O) groups is 3. The number of hydrogen-bond donors (Lipinski definition) is 0. The molecule has 0 spiro atoms. The molecule has 0 N–H and O–H groups in total. The van der Waals surface area contributed by atoms with Crippen molar-refractivity contribution in [3.05, 3.63) is 60.8 Å². The van der Waals surface area contributed by atoms with Gasteiger partial charge in [-0.3, -0.25) is 14.4 Å². The predicted octanol–water partition coefficient (Wildman–Crippen LogP) is 16.9. The summed E-state index contributed by atoms with van der Waals surface area (Å²) in [4.78, 5) is 37.9. The van der Waals surface area contributed by atoms with Gasteiger partial charge < -0.3 is 14.2 Å². The van der Waals surface area contributed by atoms with Gasteiger partial charge in [0.1, 0.15) is 13.2 Å². The van der Waals surface area contributed by atoms with Crippen LogP contribution in [0.25, 0.3) is 0 Å². The van der Waals surface area contributed by atoms with Gasteiger partial charge in [-0.25, -0.2) is 0 Å². The average molecular weight is 853 g/mol. The Morgan fingerprint density at radius 2 is 0.639 bits per heavy atom. The van der Waals surface area contributed by atoms with Gasteiger partial charge in [-0.1, -0.05) is 210 Å². The Labute approximate surface area is 377 Å². The van der Waals surface area contributed by atoms with Crippen LogP contribution in [0.1, 0.15) is 252 Å². The first kappa shape index (κ1) is 58.1. The van der Waals surface area contributed by atoms with Gasteiger partial charge in [-0.05, 0) is 83.5 Å². The molecule has 0 aliphatic carbocycles. The van der Waals surface area contributed by atoms with Crippen molar-refractivity contribution in [3.8, 4) is 0 Å². The minimum absolute atomic E-state index is 0.0905. The zero-order valence-electron chi connectivity index (χ0n) is 40.2. The van der Waals surface area contributed by atoms with Crippen molar-refractivity contribution >= 4 is 17.9 Å². The molecule has 0 saturated heterocycles. The highest BCUT2D eigenvalue weighted by Crippen LogP contribution is 2.14. The van der Waals surface area contributed by atoms with Gasteiger partial charge >= 0.3 is 17.9 Å². The highest BCUT2D eigenvalue weighted by atomic mass is 16.6. The smallest absolute Gasteiger partial charge is 0.306 e. The summed E-state index contributed by atoms with van der Waals surface area (Å²) in [6, 6.07) is 0. The maximum Gasteiger partial charge on any atom is 0.306 e. The van der Waals surface area contributed by atoms with E-state index >= 15 is 0 Å². The molecule has 0 aromatic rings. The van der Waals surface area contributed by atoms with E-state index in [1.807, 2.05) is 0 Å². The summed E-state index contributed by atoms with van der Waals surface area (Å²) in [6.07, 6.45) is 60.6. The lowest BCUT2D eigenvalue weighted by Gasteiger charge is -2.18. The zero-order chi connectivity index (χ0) is 44.4. The van der Waals surface area contributed by atoms with Crippen molar-refractivity contribution < 1.29 is 28.6 Å². The molecule has 0 fully saturated rings. The van der Waals surface area contributed by atoms with Crippen LogP contribution in [0.3, 0.4) is 0 Å². The van der Waals surface area contributed by atoms with E-state index in [0.29, 0.717) is 19.3 Å². The normalized spacial score (nSPS) is 12.5. The number of unbranched alkanes of at least 4 members (excludes halogenated alkanes) is 25. The van der Waals surface area contributed by atoms with E-state index in [1.165, 1.54) is 128 Å². The molecule has 0 radical (unpaired) electrons. The third-order valence-corrected chi connectivity index (χ3v) is 11.0. The van der Waals surface area contributed by atoms with Crippen LogP contribution in [0.15, 0.2) is 60.8 Å². The molecule has 0 bridgehead atoms. The van der Waals surface area contributed by atoms with E-state index in [4.69, 9.17) is 14.2 Å². The molecule has 1 atom stereocenters. The van der Waals surface area contributed by atoms with Crippen LogP contribution in [0, 0.1) is 0 Å².